The average Bonchev–Trinajstić information content (AvgIpc) is 2.87. The highest BCUT2D eigenvalue weighted by molar-refractivity contribution is 5.51. The Kier molecular flexibility index (Phi) is 4.37. The van der Waals surface area contributed by atoms with E-state index in [4.69, 9.17) is 10.5 Å². The molecule has 2 aromatic carbocycles. The Balaban J connectivity index is 2.00. The third kappa shape index (κ3) is 3.09. The monoisotopic (exact) mass is 314 g/mol. The molecule has 122 valence electrons. The van der Waals surface area contributed by atoms with Gasteiger partial charge in [-0.3, -0.25) is 0 Å². The quantitative estimate of drug-likeness (QED) is 0.858. The Morgan fingerprint density at radius 2 is 1.91 bits per heavy atom. The molecule has 1 heterocycles. The zero-order valence-electron chi connectivity index (χ0n) is 13.7. The van der Waals surface area contributed by atoms with Crippen LogP contribution in [0.25, 0.3) is 0 Å². The van der Waals surface area contributed by atoms with Gasteiger partial charge in [-0.2, -0.15) is 0 Å². The lowest BCUT2D eigenvalue weighted by Crippen LogP contribution is -2.28. The number of rotatable bonds is 5. The number of hydrogen-bond donors (Lipinski definition) is 1. The van der Waals surface area contributed by atoms with E-state index in [0.717, 1.165) is 41.8 Å². The minimum absolute atomic E-state index is 0.229. The van der Waals surface area contributed by atoms with Crippen molar-refractivity contribution in [3.8, 4) is 0 Å². The van der Waals surface area contributed by atoms with Gasteiger partial charge in [0, 0.05) is 5.69 Å². The van der Waals surface area contributed by atoms with E-state index in [1.807, 2.05) is 24.3 Å². The molecular formula is C19H23FN2O. The predicted molar refractivity (Wildman–Crippen MR) is 90.6 cm³/mol. The Hall–Kier alpha value is -1.91. The molecule has 1 unspecified atom stereocenters. The first kappa shape index (κ1) is 16.0. The summed E-state index contributed by atoms with van der Waals surface area (Å²) in [6, 6.07) is 12.6. The number of nitrogens with two attached hydrogens (primary N) is 1. The number of benzene rings is 2. The molecule has 0 spiro atoms. The number of nitrogens with zero attached hydrogens (tertiary/aromatic N) is 1. The Bertz CT molecular complexity index is 684. The maximum absolute atomic E-state index is 13.3. The average molecular weight is 314 g/mol. The lowest BCUT2D eigenvalue weighted by atomic mass is 9.82. The van der Waals surface area contributed by atoms with Crippen LogP contribution in [0.5, 0.6) is 0 Å². The van der Waals surface area contributed by atoms with Gasteiger partial charge >= 0.3 is 0 Å². The molecular weight excluding hydrogens is 291 g/mol. The maximum atomic E-state index is 13.3. The molecule has 0 saturated heterocycles. The van der Waals surface area contributed by atoms with E-state index in [-0.39, 0.29) is 5.82 Å². The standard InChI is InChI=1S/C19H23FN2O/c1-22(2)11-3-10-19(15-4-6-16(20)7-5-15)18-9-8-17(21)12-14(18)13-23-19/h4-9,12H,3,10-11,13,21H2,1-2H3. The second-order valence-electron chi connectivity index (χ2n) is 6.45. The van der Waals surface area contributed by atoms with Crippen LogP contribution in [0.3, 0.4) is 0 Å². The number of fused-ring (bicyclic) bond motifs is 1. The molecule has 2 N–H and O–H groups in total. The zero-order valence-corrected chi connectivity index (χ0v) is 13.7. The second-order valence-corrected chi connectivity index (χ2v) is 6.45. The molecule has 2 aromatic rings. The van der Waals surface area contributed by atoms with E-state index in [9.17, 15) is 4.39 Å². The van der Waals surface area contributed by atoms with Crippen LogP contribution in [0.2, 0.25) is 0 Å². The summed E-state index contributed by atoms with van der Waals surface area (Å²) >= 11 is 0. The van der Waals surface area contributed by atoms with Crippen molar-refractivity contribution in [2.45, 2.75) is 25.0 Å². The van der Waals surface area contributed by atoms with E-state index < -0.39 is 5.60 Å². The van der Waals surface area contributed by atoms with Gasteiger partial charge in [-0.05, 0) is 74.4 Å². The SMILES string of the molecule is CN(C)CCCC1(c2ccc(F)cc2)OCc2cc(N)ccc21. The molecule has 4 heteroatoms. The van der Waals surface area contributed by atoms with Crippen molar-refractivity contribution in [3.05, 3.63) is 65.0 Å². The molecule has 0 aliphatic carbocycles. The number of nitrogen functional groups attached to an aromatic ring is 1. The van der Waals surface area contributed by atoms with Gasteiger partial charge in [-0.25, -0.2) is 4.39 Å². The fraction of sp³-hybridized carbons (Fsp3) is 0.368. The number of hydrogen-bond acceptors (Lipinski definition) is 3. The molecule has 0 bridgehead atoms. The van der Waals surface area contributed by atoms with E-state index in [1.54, 1.807) is 0 Å². The molecule has 23 heavy (non-hydrogen) atoms. The first-order valence-electron chi connectivity index (χ1n) is 7.95. The summed E-state index contributed by atoms with van der Waals surface area (Å²) in [5, 5.41) is 0. The van der Waals surface area contributed by atoms with Gasteiger partial charge in [-0.15, -0.1) is 0 Å². The van der Waals surface area contributed by atoms with Crippen molar-refractivity contribution < 1.29 is 9.13 Å². The number of ether oxygens (including phenoxy) is 1. The van der Waals surface area contributed by atoms with Crippen LogP contribution < -0.4 is 5.73 Å². The third-order valence-electron chi connectivity index (χ3n) is 4.48. The van der Waals surface area contributed by atoms with Gasteiger partial charge in [0.05, 0.1) is 6.61 Å². The third-order valence-corrected chi connectivity index (χ3v) is 4.48. The van der Waals surface area contributed by atoms with Gasteiger partial charge in [0.2, 0.25) is 0 Å². The second kappa shape index (κ2) is 6.30. The Labute approximate surface area is 136 Å². The van der Waals surface area contributed by atoms with Crippen LogP contribution in [0.15, 0.2) is 42.5 Å². The molecule has 0 amide bonds. The van der Waals surface area contributed by atoms with Gasteiger partial charge in [-0.1, -0.05) is 18.2 Å². The summed E-state index contributed by atoms with van der Waals surface area (Å²) in [6.07, 6.45) is 1.85. The molecule has 1 aliphatic rings. The van der Waals surface area contributed by atoms with Gasteiger partial charge in [0.1, 0.15) is 11.4 Å². The summed E-state index contributed by atoms with van der Waals surface area (Å²) in [4.78, 5) is 2.16. The lowest BCUT2D eigenvalue weighted by molar-refractivity contribution is -0.0140. The smallest absolute Gasteiger partial charge is 0.123 e. The van der Waals surface area contributed by atoms with E-state index in [0.29, 0.717) is 6.61 Å². The van der Waals surface area contributed by atoms with Crippen LogP contribution in [0, 0.1) is 5.82 Å². The Morgan fingerprint density at radius 1 is 1.17 bits per heavy atom. The van der Waals surface area contributed by atoms with E-state index in [1.165, 1.54) is 12.1 Å². The molecule has 0 saturated carbocycles. The fourth-order valence-corrected chi connectivity index (χ4v) is 3.36. The highest BCUT2D eigenvalue weighted by Gasteiger charge is 2.41. The van der Waals surface area contributed by atoms with Crippen molar-refractivity contribution in [2.75, 3.05) is 26.4 Å². The number of anilines is 1. The van der Waals surface area contributed by atoms with Crippen molar-refractivity contribution in [2.24, 2.45) is 0 Å². The van der Waals surface area contributed by atoms with E-state index >= 15 is 0 Å². The first-order chi connectivity index (χ1) is 11.0. The number of halogens is 1. The lowest BCUT2D eigenvalue weighted by Gasteiger charge is -2.31. The molecule has 0 fully saturated rings. The van der Waals surface area contributed by atoms with Crippen molar-refractivity contribution >= 4 is 5.69 Å². The minimum Gasteiger partial charge on any atom is -0.399 e. The maximum Gasteiger partial charge on any atom is 0.123 e. The summed E-state index contributed by atoms with van der Waals surface area (Å²) in [5.74, 6) is -0.229. The van der Waals surface area contributed by atoms with Gasteiger partial charge < -0.3 is 15.4 Å². The highest BCUT2D eigenvalue weighted by atomic mass is 19.1. The molecule has 3 rings (SSSR count). The normalized spacial score (nSPS) is 20.0. The predicted octanol–water partition coefficient (Wildman–Crippen LogP) is 3.52. The van der Waals surface area contributed by atoms with Crippen LogP contribution in [0.1, 0.15) is 29.5 Å². The Morgan fingerprint density at radius 3 is 2.61 bits per heavy atom. The molecule has 0 aromatic heterocycles. The minimum atomic E-state index is -0.507. The summed E-state index contributed by atoms with van der Waals surface area (Å²) < 4.78 is 19.6. The topological polar surface area (TPSA) is 38.5 Å². The van der Waals surface area contributed by atoms with Crippen molar-refractivity contribution in [3.63, 3.8) is 0 Å². The largest absolute Gasteiger partial charge is 0.399 e. The summed E-state index contributed by atoms with van der Waals surface area (Å²) in [7, 11) is 4.13. The summed E-state index contributed by atoms with van der Waals surface area (Å²) in [5.41, 5.74) is 9.42. The van der Waals surface area contributed by atoms with Crippen LogP contribution in [0.4, 0.5) is 10.1 Å². The zero-order chi connectivity index (χ0) is 16.4. The summed E-state index contributed by atoms with van der Waals surface area (Å²) in [6.45, 7) is 1.52. The molecule has 1 aliphatic heterocycles. The van der Waals surface area contributed by atoms with Crippen molar-refractivity contribution in [1.29, 1.82) is 0 Å². The fourth-order valence-electron chi connectivity index (χ4n) is 3.36. The van der Waals surface area contributed by atoms with Crippen LogP contribution >= 0.6 is 0 Å². The van der Waals surface area contributed by atoms with Crippen molar-refractivity contribution in [1.82, 2.24) is 4.90 Å². The molecule has 3 nitrogen and oxygen atoms in total. The van der Waals surface area contributed by atoms with Crippen LogP contribution in [-0.4, -0.2) is 25.5 Å². The van der Waals surface area contributed by atoms with Crippen LogP contribution in [-0.2, 0) is 16.9 Å². The molecule has 0 radical (unpaired) electrons. The van der Waals surface area contributed by atoms with Gasteiger partial charge in [0.25, 0.3) is 0 Å². The van der Waals surface area contributed by atoms with E-state index in [2.05, 4.69) is 25.1 Å². The first-order valence-corrected chi connectivity index (χ1v) is 7.95. The highest BCUT2D eigenvalue weighted by Crippen LogP contribution is 2.45. The van der Waals surface area contributed by atoms with Gasteiger partial charge in [0.15, 0.2) is 0 Å². The molecule has 1 atom stereocenters.